The average Bonchev–Trinajstić information content (AvgIpc) is 2.82. The highest BCUT2D eigenvalue weighted by molar-refractivity contribution is 6.08. The Bertz CT molecular complexity index is 358. The molecule has 3 amide bonds. The lowest BCUT2D eigenvalue weighted by atomic mass is 9.99. The van der Waals surface area contributed by atoms with Crippen LogP contribution in [0.3, 0.4) is 0 Å². The van der Waals surface area contributed by atoms with E-state index < -0.39 is 0 Å². The molecule has 5 nitrogen and oxygen atoms in total. The highest BCUT2D eigenvalue weighted by Gasteiger charge is 2.27. The summed E-state index contributed by atoms with van der Waals surface area (Å²) in [6.45, 7) is 1.24. The van der Waals surface area contributed by atoms with Crippen molar-refractivity contribution in [2.24, 2.45) is 0 Å². The van der Waals surface area contributed by atoms with Crippen LogP contribution in [0.4, 0.5) is 0 Å². The molecule has 1 N–H and O–H groups in total. The van der Waals surface area contributed by atoms with Gasteiger partial charge in [-0.2, -0.15) is 0 Å². The molecule has 0 spiro atoms. The summed E-state index contributed by atoms with van der Waals surface area (Å²) in [6.07, 6.45) is 8.70. The average molecular weight is 306 g/mol. The lowest BCUT2D eigenvalue weighted by Gasteiger charge is -2.13. The molecule has 0 aromatic rings. The second-order valence-electron chi connectivity index (χ2n) is 5.80. The molecule has 1 rings (SSSR count). The summed E-state index contributed by atoms with van der Waals surface area (Å²) in [4.78, 5) is 35.8. The minimum Gasteiger partial charge on any atom is -0.356 e. The van der Waals surface area contributed by atoms with Gasteiger partial charge in [0.2, 0.25) is 17.7 Å². The van der Waals surface area contributed by atoms with Crippen molar-refractivity contribution in [2.75, 3.05) is 13.1 Å². The van der Waals surface area contributed by atoms with Crippen LogP contribution in [-0.2, 0) is 14.4 Å². The van der Waals surface area contributed by atoms with Gasteiger partial charge in [-0.15, -0.1) is 0 Å². The van der Waals surface area contributed by atoms with Gasteiger partial charge >= 0.3 is 0 Å². The highest BCUT2D eigenvalue weighted by atomic mass is 16.2. The molecule has 0 atom stereocenters. The molecule has 122 valence electrons. The van der Waals surface area contributed by atoms with Crippen LogP contribution in [0, 0.1) is 0 Å². The highest BCUT2D eigenvalue weighted by Crippen LogP contribution is 2.13. The van der Waals surface area contributed by atoms with E-state index in [2.05, 4.69) is 5.32 Å². The van der Waals surface area contributed by atoms with Crippen molar-refractivity contribution in [1.82, 2.24) is 10.2 Å². The Morgan fingerprint density at radius 2 is 1.59 bits per heavy atom. The Balaban J connectivity index is 1.92. The monoisotopic (exact) mass is 306 g/mol. The number of nitrogens with zero attached hydrogens (tertiary/aromatic N) is 1. The maximum Gasteiger partial charge on any atom is 0.229 e. The molecule has 1 aliphatic heterocycles. The normalized spacial score (nSPS) is 14.6. The zero-order chi connectivity index (χ0) is 16.2. The fourth-order valence-corrected chi connectivity index (χ4v) is 2.54. The number of unbranched alkanes of at least 4 members (excludes halogenated alkanes) is 5. The molecule has 1 aliphatic rings. The third kappa shape index (κ3) is 7.62. The summed E-state index contributed by atoms with van der Waals surface area (Å²) in [5, 5.41) is 2.92. The lowest BCUT2D eigenvalue weighted by Crippen LogP contribution is -2.30. The van der Waals surface area contributed by atoms with Crippen LogP contribution in [0.5, 0.6) is 0 Å². The van der Waals surface area contributed by atoms with Crippen molar-refractivity contribution in [3.8, 4) is 0 Å². The second kappa shape index (κ2) is 11.3. The van der Waals surface area contributed by atoms with Crippen LogP contribution in [0.2, 0.25) is 6.32 Å². The van der Waals surface area contributed by atoms with Gasteiger partial charge in [0.05, 0.1) is 7.85 Å². The number of hydrogen-bond acceptors (Lipinski definition) is 3. The largest absolute Gasteiger partial charge is 0.356 e. The number of imide groups is 1. The first-order valence-electron chi connectivity index (χ1n) is 8.45. The van der Waals surface area contributed by atoms with Crippen LogP contribution in [0.1, 0.15) is 64.2 Å². The van der Waals surface area contributed by atoms with Crippen LogP contribution in [0.15, 0.2) is 0 Å². The van der Waals surface area contributed by atoms with Crippen molar-refractivity contribution in [1.29, 1.82) is 0 Å². The number of carbonyl (C=O) groups is 3. The number of likely N-dealkylation sites (tertiary alicyclic amines) is 1. The summed E-state index contributed by atoms with van der Waals surface area (Å²) in [5.41, 5.74) is 0. The maximum absolute atomic E-state index is 11.6. The Hall–Kier alpha value is -1.33. The number of rotatable bonds is 12. The van der Waals surface area contributed by atoms with Gasteiger partial charge in [0, 0.05) is 32.4 Å². The van der Waals surface area contributed by atoms with E-state index >= 15 is 0 Å². The smallest absolute Gasteiger partial charge is 0.229 e. The molecule has 22 heavy (non-hydrogen) atoms. The van der Waals surface area contributed by atoms with E-state index in [1.54, 1.807) is 0 Å². The van der Waals surface area contributed by atoms with Crippen molar-refractivity contribution < 1.29 is 14.4 Å². The SMILES string of the molecule is [B]CCCCCCNC(=O)CCCCCN1C(=O)CCC1=O. The first-order valence-corrected chi connectivity index (χ1v) is 8.45. The minimum atomic E-state index is -0.0580. The molecule has 0 unspecified atom stereocenters. The lowest BCUT2D eigenvalue weighted by molar-refractivity contribution is -0.138. The van der Waals surface area contributed by atoms with Crippen LogP contribution in [0.25, 0.3) is 0 Å². The summed E-state index contributed by atoms with van der Waals surface area (Å²) in [5.74, 6) is -0.0260. The molecule has 0 aromatic heterocycles. The van der Waals surface area contributed by atoms with Gasteiger partial charge in [0.25, 0.3) is 0 Å². The molecule has 1 saturated heterocycles. The van der Waals surface area contributed by atoms with Gasteiger partial charge in [0.15, 0.2) is 0 Å². The van der Waals surface area contributed by atoms with E-state index in [0.717, 1.165) is 57.8 Å². The number of amides is 3. The minimum absolute atomic E-state index is 0.0580. The standard InChI is InChI=1S/C16H27BN2O3/c17-11-5-1-2-6-12-18-14(20)8-4-3-7-13-19-15(21)9-10-16(19)22/h1-13H2,(H,18,20). The van der Waals surface area contributed by atoms with Crippen LogP contribution >= 0.6 is 0 Å². The molecular formula is C16H27BN2O3. The Morgan fingerprint density at radius 3 is 2.27 bits per heavy atom. The molecule has 0 aromatic carbocycles. The van der Waals surface area contributed by atoms with Crippen molar-refractivity contribution in [2.45, 2.75) is 70.5 Å². The van der Waals surface area contributed by atoms with Gasteiger partial charge in [-0.3, -0.25) is 19.3 Å². The zero-order valence-corrected chi connectivity index (χ0v) is 13.4. The maximum atomic E-state index is 11.6. The first-order chi connectivity index (χ1) is 10.6. The molecule has 0 aliphatic carbocycles. The summed E-state index contributed by atoms with van der Waals surface area (Å²) >= 11 is 0. The van der Waals surface area contributed by atoms with Gasteiger partial charge in [0.1, 0.15) is 0 Å². The van der Waals surface area contributed by atoms with Crippen molar-refractivity contribution >= 4 is 25.6 Å². The molecule has 2 radical (unpaired) electrons. The number of hydrogen-bond donors (Lipinski definition) is 1. The van der Waals surface area contributed by atoms with E-state index in [1.165, 1.54) is 4.90 Å². The quantitative estimate of drug-likeness (QED) is 0.340. The fourth-order valence-electron chi connectivity index (χ4n) is 2.54. The van der Waals surface area contributed by atoms with Gasteiger partial charge in [-0.05, 0) is 19.3 Å². The van der Waals surface area contributed by atoms with Crippen LogP contribution < -0.4 is 5.32 Å². The Labute approximate surface area is 134 Å². The molecule has 6 heteroatoms. The van der Waals surface area contributed by atoms with E-state index in [1.807, 2.05) is 0 Å². The zero-order valence-electron chi connectivity index (χ0n) is 13.4. The van der Waals surface area contributed by atoms with Crippen molar-refractivity contribution in [3.63, 3.8) is 0 Å². The van der Waals surface area contributed by atoms with Crippen LogP contribution in [-0.4, -0.2) is 43.6 Å². The van der Waals surface area contributed by atoms with Gasteiger partial charge in [-0.25, -0.2) is 0 Å². The predicted octanol–water partition coefficient (Wildman–Crippen LogP) is 1.96. The van der Waals surface area contributed by atoms with E-state index in [9.17, 15) is 14.4 Å². The fraction of sp³-hybridized carbons (Fsp3) is 0.812. The third-order valence-electron chi connectivity index (χ3n) is 3.89. The Kier molecular flexibility index (Phi) is 9.59. The van der Waals surface area contributed by atoms with Crippen molar-refractivity contribution in [3.05, 3.63) is 0 Å². The third-order valence-corrected chi connectivity index (χ3v) is 3.89. The van der Waals surface area contributed by atoms with Gasteiger partial charge in [-0.1, -0.05) is 32.0 Å². The molecular weight excluding hydrogens is 279 g/mol. The Morgan fingerprint density at radius 1 is 0.955 bits per heavy atom. The predicted molar refractivity (Wildman–Crippen MR) is 86.5 cm³/mol. The molecule has 1 heterocycles. The molecule has 0 bridgehead atoms. The summed E-state index contributed by atoms with van der Waals surface area (Å²) in [6, 6.07) is 0. The second-order valence-corrected chi connectivity index (χ2v) is 5.80. The molecule has 1 fully saturated rings. The topological polar surface area (TPSA) is 66.5 Å². The first kappa shape index (κ1) is 18.7. The summed E-state index contributed by atoms with van der Waals surface area (Å²) < 4.78 is 0. The number of carbonyl (C=O) groups excluding carboxylic acids is 3. The van der Waals surface area contributed by atoms with E-state index in [4.69, 9.17) is 7.85 Å². The van der Waals surface area contributed by atoms with Gasteiger partial charge < -0.3 is 5.32 Å². The number of nitrogens with one attached hydrogen (secondary N) is 1. The molecule has 0 saturated carbocycles. The van der Waals surface area contributed by atoms with E-state index in [0.29, 0.717) is 25.8 Å². The summed E-state index contributed by atoms with van der Waals surface area (Å²) in [7, 11) is 5.42. The van der Waals surface area contributed by atoms with E-state index in [-0.39, 0.29) is 17.7 Å².